The predicted molar refractivity (Wildman–Crippen MR) is 73.8 cm³/mol. The predicted octanol–water partition coefficient (Wildman–Crippen LogP) is 2.02. The Kier molecular flexibility index (Phi) is 4.22. The molecule has 0 bridgehead atoms. The van der Waals surface area contributed by atoms with Crippen LogP contribution in [0.3, 0.4) is 0 Å². The minimum Gasteiger partial charge on any atom is -0.374 e. The van der Waals surface area contributed by atoms with E-state index in [9.17, 15) is 0 Å². The lowest BCUT2D eigenvalue weighted by atomic mass is 10.0. The van der Waals surface area contributed by atoms with E-state index in [0.29, 0.717) is 12.1 Å². The van der Waals surface area contributed by atoms with Crippen molar-refractivity contribution < 1.29 is 4.74 Å². The molecule has 1 saturated carbocycles. The molecule has 3 rings (SSSR count). The van der Waals surface area contributed by atoms with E-state index in [2.05, 4.69) is 17.1 Å². The highest BCUT2D eigenvalue weighted by Gasteiger charge is 2.37. The summed E-state index contributed by atoms with van der Waals surface area (Å²) in [5.74, 6) is 0.985. The third-order valence-corrected chi connectivity index (χ3v) is 4.81. The maximum atomic E-state index is 6.18. The van der Waals surface area contributed by atoms with E-state index in [1.807, 2.05) is 0 Å². The average Bonchev–Trinajstić information content (AvgIpc) is 3.08. The van der Waals surface area contributed by atoms with Crippen LogP contribution in [0.5, 0.6) is 0 Å². The molecule has 3 heteroatoms. The number of nitrogens with one attached hydrogen (secondary N) is 1. The molecule has 1 N–H and O–H groups in total. The second kappa shape index (κ2) is 5.89. The van der Waals surface area contributed by atoms with Crippen molar-refractivity contribution >= 4 is 0 Å². The summed E-state index contributed by atoms with van der Waals surface area (Å²) in [5.41, 5.74) is 0. The molecule has 3 fully saturated rings. The molecule has 0 aromatic carbocycles. The van der Waals surface area contributed by atoms with Crippen molar-refractivity contribution in [3.8, 4) is 0 Å². The first kappa shape index (κ1) is 12.9. The molecule has 2 saturated heterocycles. The highest BCUT2D eigenvalue weighted by atomic mass is 16.5. The lowest BCUT2D eigenvalue weighted by Crippen LogP contribution is -2.54. The first-order valence-corrected chi connectivity index (χ1v) is 7.96. The van der Waals surface area contributed by atoms with E-state index in [1.165, 1.54) is 51.6 Å². The molecule has 2 heterocycles. The summed E-state index contributed by atoms with van der Waals surface area (Å²) in [6.45, 7) is 6.83. The SMILES string of the molecule is CCCNC(CC1CC1)C1CN2CCCC2CO1. The standard InChI is InChI=1S/C15H28N2O/c1-2-7-16-14(9-12-5-6-12)15-10-17-8-3-4-13(17)11-18-15/h12-16H,2-11H2,1H3. The van der Waals surface area contributed by atoms with Gasteiger partial charge >= 0.3 is 0 Å². The van der Waals surface area contributed by atoms with Gasteiger partial charge < -0.3 is 10.1 Å². The fourth-order valence-electron chi connectivity index (χ4n) is 3.50. The van der Waals surface area contributed by atoms with Crippen LogP contribution >= 0.6 is 0 Å². The van der Waals surface area contributed by atoms with Crippen LogP contribution in [0.1, 0.15) is 45.4 Å². The third kappa shape index (κ3) is 3.06. The topological polar surface area (TPSA) is 24.5 Å². The Morgan fingerprint density at radius 1 is 1.33 bits per heavy atom. The van der Waals surface area contributed by atoms with Crippen molar-refractivity contribution in [3.63, 3.8) is 0 Å². The summed E-state index contributed by atoms with van der Waals surface area (Å²) in [5, 5.41) is 3.74. The van der Waals surface area contributed by atoms with Crippen LogP contribution in [-0.2, 0) is 4.74 Å². The van der Waals surface area contributed by atoms with Crippen LogP contribution in [0.15, 0.2) is 0 Å². The number of hydrogen-bond donors (Lipinski definition) is 1. The van der Waals surface area contributed by atoms with E-state index >= 15 is 0 Å². The maximum Gasteiger partial charge on any atom is 0.0855 e. The molecule has 0 radical (unpaired) electrons. The normalized spacial score (nSPS) is 34.5. The zero-order chi connectivity index (χ0) is 12.4. The number of rotatable bonds is 6. The maximum absolute atomic E-state index is 6.18. The van der Waals surface area contributed by atoms with Gasteiger partial charge in [-0.05, 0) is 44.7 Å². The van der Waals surface area contributed by atoms with Crippen LogP contribution < -0.4 is 5.32 Å². The van der Waals surface area contributed by atoms with Gasteiger partial charge in [-0.15, -0.1) is 0 Å². The van der Waals surface area contributed by atoms with Gasteiger partial charge in [-0.25, -0.2) is 0 Å². The first-order chi connectivity index (χ1) is 8.86. The van der Waals surface area contributed by atoms with Gasteiger partial charge in [-0.3, -0.25) is 4.90 Å². The summed E-state index contributed by atoms with van der Waals surface area (Å²) in [7, 11) is 0. The van der Waals surface area contributed by atoms with Gasteiger partial charge in [0.2, 0.25) is 0 Å². The molecule has 2 aliphatic heterocycles. The quantitative estimate of drug-likeness (QED) is 0.783. The van der Waals surface area contributed by atoms with Crippen molar-refractivity contribution in [1.82, 2.24) is 10.2 Å². The Hall–Kier alpha value is -0.120. The first-order valence-electron chi connectivity index (χ1n) is 7.96. The van der Waals surface area contributed by atoms with Crippen molar-refractivity contribution in [2.75, 3.05) is 26.2 Å². The zero-order valence-corrected chi connectivity index (χ0v) is 11.7. The Bertz CT molecular complexity index is 267. The fourth-order valence-corrected chi connectivity index (χ4v) is 3.50. The van der Waals surface area contributed by atoms with Crippen molar-refractivity contribution in [2.45, 2.75) is 63.6 Å². The summed E-state index contributed by atoms with van der Waals surface area (Å²) in [6.07, 6.45) is 8.61. The molecule has 0 amide bonds. The summed E-state index contributed by atoms with van der Waals surface area (Å²) < 4.78 is 6.18. The molecule has 3 unspecified atom stereocenters. The van der Waals surface area contributed by atoms with E-state index in [1.54, 1.807) is 0 Å². The number of nitrogens with zero attached hydrogens (tertiary/aromatic N) is 1. The van der Waals surface area contributed by atoms with Gasteiger partial charge in [0.05, 0.1) is 12.7 Å². The molecule has 0 spiro atoms. The van der Waals surface area contributed by atoms with Gasteiger partial charge in [0.1, 0.15) is 0 Å². The van der Waals surface area contributed by atoms with Crippen LogP contribution in [0.2, 0.25) is 0 Å². The number of hydrogen-bond acceptors (Lipinski definition) is 3. The number of fused-ring (bicyclic) bond motifs is 1. The van der Waals surface area contributed by atoms with Crippen LogP contribution in [0.25, 0.3) is 0 Å². The lowest BCUT2D eigenvalue weighted by Gasteiger charge is -2.39. The Balaban J connectivity index is 1.54. The number of morpholine rings is 1. The average molecular weight is 252 g/mol. The van der Waals surface area contributed by atoms with Crippen molar-refractivity contribution in [2.24, 2.45) is 5.92 Å². The molecule has 1 aliphatic carbocycles. The fraction of sp³-hybridized carbons (Fsp3) is 1.00. The molecule has 18 heavy (non-hydrogen) atoms. The van der Waals surface area contributed by atoms with E-state index in [4.69, 9.17) is 4.74 Å². The largest absolute Gasteiger partial charge is 0.374 e. The molecule has 3 nitrogen and oxygen atoms in total. The smallest absolute Gasteiger partial charge is 0.0855 e. The highest BCUT2D eigenvalue weighted by Crippen LogP contribution is 2.35. The monoisotopic (exact) mass is 252 g/mol. The van der Waals surface area contributed by atoms with Gasteiger partial charge in [0, 0.05) is 18.6 Å². The van der Waals surface area contributed by atoms with Crippen LogP contribution in [0.4, 0.5) is 0 Å². The summed E-state index contributed by atoms with van der Waals surface area (Å²) in [6, 6.07) is 1.33. The molecule has 0 aromatic rings. The van der Waals surface area contributed by atoms with Gasteiger partial charge in [-0.2, -0.15) is 0 Å². The molecule has 0 aromatic heterocycles. The lowest BCUT2D eigenvalue weighted by molar-refractivity contribution is -0.0662. The van der Waals surface area contributed by atoms with Crippen molar-refractivity contribution in [3.05, 3.63) is 0 Å². The zero-order valence-electron chi connectivity index (χ0n) is 11.7. The second-order valence-electron chi connectivity index (χ2n) is 6.40. The molecular formula is C15H28N2O. The Labute approximate surface area is 111 Å². The Morgan fingerprint density at radius 3 is 3.00 bits per heavy atom. The molecule has 104 valence electrons. The van der Waals surface area contributed by atoms with Gasteiger partial charge in [-0.1, -0.05) is 19.8 Å². The van der Waals surface area contributed by atoms with Crippen molar-refractivity contribution in [1.29, 1.82) is 0 Å². The number of ether oxygens (including phenoxy) is 1. The second-order valence-corrected chi connectivity index (χ2v) is 6.40. The Morgan fingerprint density at radius 2 is 2.22 bits per heavy atom. The third-order valence-electron chi connectivity index (χ3n) is 4.81. The van der Waals surface area contributed by atoms with E-state index in [0.717, 1.165) is 25.1 Å². The summed E-state index contributed by atoms with van der Waals surface area (Å²) in [4.78, 5) is 2.67. The van der Waals surface area contributed by atoms with E-state index < -0.39 is 0 Å². The molecular weight excluding hydrogens is 224 g/mol. The van der Waals surface area contributed by atoms with Crippen LogP contribution in [0, 0.1) is 5.92 Å². The highest BCUT2D eigenvalue weighted by molar-refractivity contribution is 4.92. The van der Waals surface area contributed by atoms with Crippen LogP contribution in [-0.4, -0.2) is 49.3 Å². The molecule has 3 aliphatic rings. The van der Waals surface area contributed by atoms with Gasteiger partial charge in [0.15, 0.2) is 0 Å². The van der Waals surface area contributed by atoms with E-state index in [-0.39, 0.29) is 0 Å². The summed E-state index contributed by atoms with van der Waals surface area (Å²) >= 11 is 0. The minimum absolute atomic E-state index is 0.437. The minimum atomic E-state index is 0.437. The molecule has 3 atom stereocenters. The van der Waals surface area contributed by atoms with Gasteiger partial charge in [0.25, 0.3) is 0 Å².